The summed E-state index contributed by atoms with van der Waals surface area (Å²) in [5.41, 5.74) is 1.45. The Hall–Kier alpha value is -3.45. The molecule has 3 heterocycles. The number of carbonyl (C=O) groups is 1. The van der Waals surface area contributed by atoms with Gasteiger partial charge in [0.25, 0.3) is 0 Å². The van der Waals surface area contributed by atoms with Gasteiger partial charge in [0.2, 0.25) is 5.91 Å². The summed E-state index contributed by atoms with van der Waals surface area (Å²) in [6.45, 7) is 6.22. The van der Waals surface area contributed by atoms with E-state index >= 15 is 0 Å². The topological polar surface area (TPSA) is 85.8 Å². The maximum absolute atomic E-state index is 12.7. The van der Waals surface area contributed by atoms with Crippen LogP contribution in [0.3, 0.4) is 0 Å². The van der Waals surface area contributed by atoms with Crippen LogP contribution in [0, 0.1) is 0 Å². The van der Waals surface area contributed by atoms with Crippen molar-refractivity contribution in [2.24, 2.45) is 0 Å². The number of nitrogens with one attached hydrogen (secondary N) is 1. The van der Waals surface area contributed by atoms with Gasteiger partial charge in [-0.3, -0.25) is 4.79 Å². The van der Waals surface area contributed by atoms with Crippen molar-refractivity contribution in [2.75, 3.05) is 5.32 Å². The molecule has 32 heavy (non-hydrogen) atoms. The highest BCUT2D eigenvalue weighted by Gasteiger charge is 2.22. The number of halogens is 1. The molecule has 0 aliphatic rings. The molecule has 4 aromatic rings. The molecule has 0 radical (unpaired) electrons. The lowest BCUT2D eigenvalue weighted by atomic mass is 9.92. The van der Waals surface area contributed by atoms with Gasteiger partial charge in [-0.25, -0.2) is 9.97 Å². The normalized spacial score (nSPS) is 11.5. The highest BCUT2D eigenvalue weighted by atomic mass is 35.5. The Bertz CT molecular complexity index is 1220. The number of hydrogen-bond donors (Lipinski definition) is 1. The van der Waals surface area contributed by atoms with Crippen molar-refractivity contribution in [3.63, 3.8) is 0 Å². The van der Waals surface area contributed by atoms with Crippen LogP contribution in [-0.4, -0.2) is 25.7 Å². The fourth-order valence-electron chi connectivity index (χ4n) is 3.13. The summed E-state index contributed by atoms with van der Waals surface area (Å²) in [5, 5.41) is 8.20. The summed E-state index contributed by atoms with van der Waals surface area (Å²) in [4.78, 5) is 21.3. The van der Waals surface area contributed by atoms with Crippen LogP contribution in [-0.2, 0) is 16.6 Å². The first-order valence-corrected chi connectivity index (χ1v) is 10.7. The molecule has 0 saturated carbocycles. The molecule has 1 amide bonds. The minimum atomic E-state index is -0.174. The molecule has 0 spiro atoms. The number of nitrogens with zero attached hydrogens (tertiary/aromatic N) is 4. The van der Waals surface area contributed by atoms with Crippen LogP contribution < -0.4 is 5.32 Å². The first-order valence-electron chi connectivity index (χ1n) is 10.3. The predicted molar refractivity (Wildman–Crippen MR) is 124 cm³/mol. The van der Waals surface area contributed by atoms with Crippen LogP contribution in [0.4, 0.5) is 5.82 Å². The van der Waals surface area contributed by atoms with Crippen LogP contribution in [0.5, 0.6) is 0 Å². The van der Waals surface area contributed by atoms with E-state index in [9.17, 15) is 4.79 Å². The Morgan fingerprint density at radius 1 is 1.12 bits per heavy atom. The molecule has 0 saturated heterocycles. The van der Waals surface area contributed by atoms with Crippen molar-refractivity contribution in [1.29, 1.82) is 0 Å². The van der Waals surface area contributed by atoms with Gasteiger partial charge in [0.1, 0.15) is 5.82 Å². The highest BCUT2D eigenvalue weighted by molar-refractivity contribution is 6.33. The third kappa shape index (κ3) is 4.89. The Morgan fingerprint density at radius 2 is 1.91 bits per heavy atom. The van der Waals surface area contributed by atoms with Crippen LogP contribution in [0.2, 0.25) is 5.02 Å². The molecule has 4 rings (SSSR count). The van der Waals surface area contributed by atoms with Crippen LogP contribution >= 0.6 is 11.6 Å². The van der Waals surface area contributed by atoms with Crippen molar-refractivity contribution in [2.45, 2.75) is 39.0 Å². The van der Waals surface area contributed by atoms with E-state index in [0.29, 0.717) is 34.7 Å². The molecule has 0 aliphatic heterocycles. The lowest BCUT2D eigenvalue weighted by molar-refractivity contribution is -0.116. The molecule has 8 heteroatoms. The Kier molecular flexibility index (Phi) is 6.10. The monoisotopic (exact) mass is 449 g/mol. The first-order chi connectivity index (χ1) is 15.3. The molecule has 1 aromatic carbocycles. The van der Waals surface area contributed by atoms with Gasteiger partial charge in [0, 0.05) is 36.1 Å². The zero-order valence-electron chi connectivity index (χ0n) is 18.2. The van der Waals surface area contributed by atoms with Gasteiger partial charge < -0.3 is 9.73 Å². The molecule has 7 nitrogen and oxygen atoms in total. The second-order valence-corrected chi connectivity index (χ2v) is 8.82. The van der Waals surface area contributed by atoms with Crippen LogP contribution in [0.1, 0.15) is 38.8 Å². The van der Waals surface area contributed by atoms with E-state index in [1.165, 1.54) is 0 Å². The average molecular weight is 450 g/mol. The Labute approximate surface area is 191 Å². The number of benzene rings is 1. The minimum absolute atomic E-state index is 0.167. The van der Waals surface area contributed by atoms with E-state index in [2.05, 4.69) is 41.2 Å². The molecule has 0 fully saturated rings. The second kappa shape index (κ2) is 8.96. The van der Waals surface area contributed by atoms with Crippen molar-refractivity contribution in [3.05, 3.63) is 77.5 Å². The molecule has 164 valence electrons. The second-order valence-electron chi connectivity index (χ2n) is 8.41. The standard InChI is InChI=1S/C24H24ClN5O2/c1-24(2,3)19-14-21(30(29-19)20-10-6-7-13-26-20)28-22(31)11-12-23-27-15-18(32-23)16-8-4-5-9-17(16)25/h4-10,13-15H,11-12H2,1-3H3,(H,28,31). The number of amides is 1. The third-order valence-corrected chi connectivity index (χ3v) is 5.20. The number of rotatable bonds is 6. The lowest BCUT2D eigenvalue weighted by Crippen LogP contribution is -2.16. The largest absolute Gasteiger partial charge is 0.441 e. The molecule has 1 N–H and O–H groups in total. The predicted octanol–water partition coefficient (Wildman–Crippen LogP) is 5.44. The molecular weight excluding hydrogens is 426 g/mol. The number of pyridine rings is 1. The van der Waals surface area contributed by atoms with Gasteiger partial charge in [0.05, 0.1) is 16.9 Å². The highest BCUT2D eigenvalue weighted by Crippen LogP contribution is 2.28. The number of aryl methyl sites for hydroxylation is 1. The minimum Gasteiger partial charge on any atom is -0.441 e. The van der Waals surface area contributed by atoms with Gasteiger partial charge in [-0.1, -0.05) is 50.6 Å². The van der Waals surface area contributed by atoms with Crippen molar-refractivity contribution < 1.29 is 9.21 Å². The average Bonchev–Trinajstić information content (AvgIpc) is 3.40. The maximum atomic E-state index is 12.7. The zero-order chi connectivity index (χ0) is 22.7. The SMILES string of the molecule is CC(C)(C)c1cc(NC(=O)CCc2ncc(-c3ccccc3Cl)o2)n(-c2ccccn2)n1. The molecule has 0 unspecified atom stereocenters. The molecule has 0 atom stereocenters. The van der Waals surface area contributed by atoms with Gasteiger partial charge in [-0.05, 0) is 24.3 Å². The number of oxazole rings is 1. The number of hydrogen-bond acceptors (Lipinski definition) is 5. The lowest BCUT2D eigenvalue weighted by Gasteiger charge is -2.13. The molecule has 0 bridgehead atoms. The Morgan fingerprint density at radius 3 is 2.62 bits per heavy atom. The van der Waals surface area contributed by atoms with Gasteiger partial charge in [-0.2, -0.15) is 9.78 Å². The smallest absolute Gasteiger partial charge is 0.226 e. The van der Waals surface area contributed by atoms with Crippen LogP contribution in [0.15, 0.2) is 65.3 Å². The van der Waals surface area contributed by atoms with Gasteiger partial charge in [-0.15, -0.1) is 0 Å². The van der Waals surface area contributed by atoms with Crippen molar-refractivity contribution in [1.82, 2.24) is 19.7 Å². The number of carbonyl (C=O) groups excluding carboxylic acids is 1. The molecular formula is C24H24ClN5O2. The van der Waals surface area contributed by atoms with E-state index < -0.39 is 0 Å². The maximum Gasteiger partial charge on any atom is 0.226 e. The van der Waals surface area contributed by atoms with E-state index in [0.717, 1.165) is 11.3 Å². The number of anilines is 1. The van der Waals surface area contributed by atoms with E-state index in [-0.39, 0.29) is 17.7 Å². The zero-order valence-corrected chi connectivity index (χ0v) is 18.9. The van der Waals surface area contributed by atoms with E-state index in [4.69, 9.17) is 16.0 Å². The van der Waals surface area contributed by atoms with Gasteiger partial charge >= 0.3 is 0 Å². The summed E-state index contributed by atoms with van der Waals surface area (Å²) in [7, 11) is 0. The number of aromatic nitrogens is 4. The molecule has 3 aromatic heterocycles. The summed E-state index contributed by atoms with van der Waals surface area (Å²) >= 11 is 6.22. The van der Waals surface area contributed by atoms with E-state index in [1.807, 2.05) is 42.5 Å². The summed E-state index contributed by atoms with van der Waals surface area (Å²) in [5.74, 6) is 2.09. The van der Waals surface area contributed by atoms with Gasteiger partial charge in [0.15, 0.2) is 17.5 Å². The van der Waals surface area contributed by atoms with Crippen molar-refractivity contribution >= 4 is 23.3 Å². The third-order valence-electron chi connectivity index (χ3n) is 4.87. The van der Waals surface area contributed by atoms with E-state index in [1.54, 1.807) is 23.1 Å². The first kappa shape index (κ1) is 21.8. The fraction of sp³-hybridized carbons (Fsp3) is 0.250. The summed E-state index contributed by atoms with van der Waals surface area (Å²) in [6.07, 6.45) is 3.89. The fourth-order valence-corrected chi connectivity index (χ4v) is 3.36. The van der Waals surface area contributed by atoms with Crippen LogP contribution in [0.25, 0.3) is 17.1 Å². The molecule has 0 aliphatic carbocycles. The van der Waals surface area contributed by atoms with Crippen molar-refractivity contribution in [3.8, 4) is 17.1 Å². The Balaban J connectivity index is 1.47. The summed E-state index contributed by atoms with van der Waals surface area (Å²) in [6, 6.07) is 14.8. The quantitative estimate of drug-likeness (QED) is 0.423. The summed E-state index contributed by atoms with van der Waals surface area (Å²) < 4.78 is 7.44.